The van der Waals surface area contributed by atoms with Crippen LogP contribution in [0.5, 0.6) is 0 Å². The van der Waals surface area contributed by atoms with E-state index >= 15 is 0 Å². The minimum absolute atomic E-state index is 0.186. The van der Waals surface area contributed by atoms with Crippen LogP contribution in [0.2, 0.25) is 0 Å². The highest BCUT2D eigenvalue weighted by Crippen LogP contribution is 2.25. The highest BCUT2D eigenvalue weighted by Gasteiger charge is 2.20. The van der Waals surface area contributed by atoms with Gasteiger partial charge in [-0.25, -0.2) is 17.2 Å². The molecule has 0 unspecified atom stereocenters. The number of aryl methyl sites for hydroxylation is 1. The van der Waals surface area contributed by atoms with Crippen molar-refractivity contribution in [1.82, 2.24) is 4.57 Å². The van der Waals surface area contributed by atoms with Gasteiger partial charge in [-0.2, -0.15) is 0 Å². The molecule has 0 aliphatic rings. The molecular weight excluding hydrogens is 346 g/mol. The van der Waals surface area contributed by atoms with Crippen LogP contribution in [-0.2, 0) is 17.1 Å². The van der Waals surface area contributed by atoms with Gasteiger partial charge in [0.15, 0.2) is 0 Å². The van der Waals surface area contributed by atoms with Crippen molar-refractivity contribution in [3.05, 3.63) is 57.7 Å². The Balaban J connectivity index is 2.08. The van der Waals surface area contributed by atoms with E-state index in [0.29, 0.717) is 10.2 Å². The fraction of sp³-hybridized carbons (Fsp3) is 0.0714. The van der Waals surface area contributed by atoms with Crippen molar-refractivity contribution in [2.45, 2.75) is 4.90 Å². The fourth-order valence-electron chi connectivity index (χ4n) is 2.07. The van der Waals surface area contributed by atoms with E-state index in [9.17, 15) is 22.0 Å². The lowest BCUT2D eigenvalue weighted by atomic mass is 10.3. The minimum Gasteiger partial charge on any atom is -0.302 e. The molecule has 1 aromatic heterocycles. The molecule has 0 radical (unpaired) electrons. The normalized spacial score (nSPS) is 11.8. The van der Waals surface area contributed by atoms with Crippen LogP contribution in [0.25, 0.3) is 10.2 Å². The van der Waals surface area contributed by atoms with Gasteiger partial charge in [-0.05, 0) is 30.3 Å². The first-order valence-corrected chi connectivity index (χ1v) is 8.66. The molecule has 0 saturated heterocycles. The Morgan fingerprint density at radius 2 is 1.78 bits per heavy atom. The SMILES string of the molecule is Cn1c(=O)sc2cc(S(=O)(=O)Nc3c(F)cccc3F)ccc21. The Morgan fingerprint density at radius 1 is 1.13 bits per heavy atom. The minimum atomic E-state index is -4.19. The van der Waals surface area contributed by atoms with E-state index in [1.54, 1.807) is 7.05 Å². The largest absolute Gasteiger partial charge is 0.307 e. The van der Waals surface area contributed by atoms with Crippen LogP contribution >= 0.6 is 11.3 Å². The third-order valence-electron chi connectivity index (χ3n) is 3.27. The van der Waals surface area contributed by atoms with Crippen LogP contribution in [0, 0.1) is 11.6 Å². The van der Waals surface area contributed by atoms with Gasteiger partial charge in [-0.1, -0.05) is 17.4 Å². The Morgan fingerprint density at radius 3 is 2.43 bits per heavy atom. The third-order valence-corrected chi connectivity index (χ3v) is 5.62. The summed E-state index contributed by atoms with van der Waals surface area (Å²) in [6, 6.07) is 7.08. The average Bonchev–Trinajstić information content (AvgIpc) is 2.78. The second-order valence-electron chi connectivity index (χ2n) is 4.76. The van der Waals surface area contributed by atoms with Gasteiger partial charge in [0.1, 0.15) is 17.3 Å². The van der Waals surface area contributed by atoms with Crippen molar-refractivity contribution in [2.24, 2.45) is 7.05 Å². The molecule has 0 spiro atoms. The Kier molecular flexibility index (Phi) is 3.69. The van der Waals surface area contributed by atoms with Gasteiger partial charge >= 0.3 is 4.87 Å². The van der Waals surface area contributed by atoms with Crippen molar-refractivity contribution < 1.29 is 17.2 Å². The topological polar surface area (TPSA) is 68.2 Å². The molecule has 120 valence electrons. The Labute approximate surface area is 133 Å². The first-order valence-electron chi connectivity index (χ1n) is 6.36. The molecular formula is C14H10F2N2O3S2. The first kappa shape index (κ1) is 15.6. The molecule has 0 aliphatic heterocycles. The summed E-state index contributed by atoms with van der Waals surface area (Å²) in [6.07, 6.45) is 0. The Bertz CT molecular complexity index is 1050. The summed E-state index contributed by atoms with van der Waals surface area (Å²) >= 11 is 0.889. The quantitative estimate of drug-likeness (QED) is 0.784. The molecule has 0 atom stereocenters. The van der Waals surface area contributed by atoms with Gasteiger partial charge in [0.25, 0.3) is 10.0 Å². The van der Waals surface area contributed by atoms with Crippen LogP contribution in [0.1, 0.15) is 0 Å². The third kappa shape index (κ3) is 2.73. The molecule has 3 rings (SSSR count). The second kappa shape index (κ2) is 5.43. The van der Waals surface area contributed by atoms with E-state index < -0.39 is 27.3 Å². The lowest BCUT2D eigenvalue weighted by molar-refractivity contribution is 0.583. The summed E-state index contributed by atoms with van der Waals surface area (Å²) in [5.41, 5.74) is -0.162. The number of nitrogens with zero attached hydrogens (tertiary/aromatic N) is 1. The predicted octanol–water partition coefficient (Wildman–Crippen LogP) is 2.68. The summed E-state index contributed by atoms with van der Waals surface area (Å²) in [6.45, 7) is 0. The number of rotatable bonds is 3. The molecule has 23 heavy (non-hydrogen) atoms. The number of hydrogen-bond donors (Lipinski definition) is 1. The maximum Gasteiger partial charge on any atom is 0.307 e. The van der Waals surface area contributed by atoms with Crippen molar-refractivity contribution in [3.63, 3.8) is 0 Å². The molecule has 0 fully saturated rings. The van der Waals surface area contributed by atoms with Gasteiger partial charge in [0.2, 0.25) is 0 Å². The predicted molar refractivity (Wildman–Crippen MR) is 84.2 cm³/mol. The highest BCUT2D eigenvalue weighted by atomic mass is 32.2. The molecule has 5 nitrogen and oxygen atoms in total. The summed E-state index contributed by atoms with van der Waals surface area (Å²) in [5, 5.41) is 0. The zero-order chi connectivity index (χ0) is 16.8. The standard InChI is InChI=1S/C14H10F2N2O3S2/c1-18-11-6-5-8(7-12(11)22-14(18)19)23(20,21)17-13-9(15)3-2-4-10(13)16/h2-7,17H,1H3. The number of hydrogen-bond acceptors (Lipinski definition) is 4. The first-order chi connectivity index (χ1) is 10.8. The summed E-state index contributed by atoms with van der Waals surface area (Å²) < 4.78 is 55.6. The fourth-order valence-corrected chi connectivity index (χ4v) is 4.17. The van der Waals surface area contributed by atoms with E-state index in [0.717, 1.165) is 29.5 Å². The molecule has 1 N–H and O–H groups in total. The molecule has 0 amide bonds. The van der Waals surface area contributed by atoms with Crippen LogP contribution in [0.15, 0.2) is 46.1 Å². The lowest BCUT2D eigenvalue weighted by Crippen LogP contribution is -2.15. The average molecular weight is 356 g/mol. The maximum atomic E-state index is 13.6. The number of sulfonamides is 1. The van der Waals surface area contributed by atoms with Gasteiger partial charge in [-0.15, -0.1) is 0 Å². The van der Waals surface area contributed by atoms with Crippen molar-refractivity contribution in [3.8, 4) is 0 Å². The number of para-hydroxylation sites is 1. The summed E-state index contributed by atoms with van der Waals surface area (Å²) in [5.74, 6) is -2.03. The molecule has 9 heteroatoms. The van der Waals surface area contributed by atoms with E-state index in [1.807, 2.05) is 4.72 Å². The summed E-state index contributed by atoms with van der Waals surface area (Å²) in [4.78, 5) is 11.2. The maximum absolute atomic E-state index is 13.6. The number of nitrogens with one attached hydrogen (secondary N) is 1. The van der Waals surface area contributed by atoms with Crippen molar-refractivity contribution in [1.29, 1.82) is 0 Å². The zero-order valence-electron chi connectivity index (χ0n) is 11.7. The van der Waals surface area contributed by atoms with Crippen LogP contribution in [0.3, 0.4) is 0 Å². The van der Waals surface area contributed by atoms with Gasteiger partial charge in [0, 0.05) is 7.05 Å². The smallest absolute Gasteiger partial charge is 0.302 e. The van der Waals surface area contributed by atoms with E-state index in [2.05, 4.69) is 0 Å². The molecule has 0 saturated carbocycles. The molecule has 0 aliphatic carbocycles. The van der Waals surface area contributed by atoms with E-state index in [-0.39, 0.29) is 9.77 Å². The van der Waals surface area contributed by atoms with Gasteiger partial charge < -0.3 is 4.57 Å². The van der Waals surface area contributed by atoms with Crippen molar-refractivity contribution in [2.75, 3.05) is 4.72 Å². The monoisotopic (exact) mass is 356 g/mol. The van der Waals surface area contributed by atoms with E-state index in [4.69, 9.17) is 0 Å². The number of benzene rings is 2. The molecule has 2 aromatic carbocycles. The lowest BCUT2D eigenvalue weighted by Gasteiger charge is -2.10. The number of anilines is 1. The number of fused-ring (bicyclic) bond motifs is 1. The molecule has 0 bridgehead atoms. The van der Waals surface area contributed by atoms with Crippen LogP contribution < -0.4 is 9.60 Å². The van der Waals surface area contributed by atoms with Crippen molar-refractivity contribution >= 4 is 37.3 Å². The Hall–Kier alpha value is -2.26. The van der Waals surface area contributed by atoms with Gasteiger partial charge in [0.05, 0.1) is 15.1 Å². The highest BCUT2D eigenvalue weighted by molar-refractivity contribution is 7.92. The zero-order valence-corrected chi connectivity index (χ0v) is 13.3. The van der Waals surface area contributed by atoms with Crippen LogP contribution in [-0.4, -0.2) is 13.0 Å². The second-order valence-corrected chi connectivity index (χ2v) is 7.43. The van der Waals surface area contributed by atoms with E-state index in [1.165, 1.54) is 22.8 Å². The molecule has 1 heterocycles. The van der Waals surface area contributed by atoms with Gasteiger partial charge in [-0.3, -0.25) is 9.52 Å². The summed E-state index contributed by atoms with van der Waals surface area (Å²) in [7, 11) is -2.62. The van der Waals surface area contributed by atoms with Crippen LogP contribution in [0.4, 0.5) is 14.5 Å². The number of aromatic nitrogens is 1. The number of thiazole rings is 1. The molecule has 3 aromatic rings. The number of halogens is 2.